The molecule has 0 radical (unpaired) electrons. The Labute approximate surface area is 195 Å². The Hall–Kier alpha value is -3.52. The van der Waals surface area contributed by atoms with E-state index in [0.717, 1.165) is 16.1 Å². The van der Waals surface area contributed by atoms with Gasteiger partial charge in [-0.05, 0) is 56.3 Å². The number of para-hydroxylation sites is 2. The second-order valence-electron chi connectivity index (χ2n) is 7.62. The molecule has 7 nitrogen and oxygen atoms in total. The predicted octanol–water partition coefficient (Wildman–Crippen LogP) is 4.52. The summed E-state index contributed by atoms with van der Waals surface area (Å²) in [5.74, 6) is 1.44. The minimum atomic E-state index is -3.74. The van der Waals surface area contributed by atoms with Crippen molar-refractivity contribution < 1.29 is 22.7 Å². The van der Waals surface area contributed by atoms with Crippen LogP contribution >= 0.6 is 0 Å². The first-order valence-corrected chi connectivity index (χ1v) is 12.3. The summed E-state index contributed by atoms with van der Waals surface area (Å²) in [5.41, 5.74) is 1.17. The van der Waals surface area contributed by atoms with Crippen LogP contribution in [0.4, 0.5) is 5.69 Å². The number of anilines is 1. The number of carbonyl (C=O) groups is 1. The lowest BCUT2D eigenvalue weighted by Crippen LogP contribution is -2.48. The number of nitrogens with zero attached hydrogens (tertiary/aromatic N) is 1. The van der Waals surface area contributed by atoms with Crippen molar-refractivity contribution in [3.8, 4) is 17.2 Å². The first-order valence-electron chi connectivity index (χ1n) is 10.5. The first kappa shape index (κ1) is 24.1. The van der Waals surface area contributed by atoms with E-state index in [2.05, 4.69) is 5.32 Å². The molecule has 174 valence electrons. The average Bonchev–Trinajstić information content (AvgIpc) is 2.80. The van der Waals surface area contributed by atoms with Crippen molar-refractivity contribution >= 4 is 21.6 Å². The van der Waals surface area contributed by atoms with Crippen LogP contribution in [0, 0.1) is 0 Å². The molecule has 1 N–H and O–H groups in total. The summed E-state index contributed by atoms with van der Waals surface area (Å²) in [7, 11) is -2.18. The summed E-state index contributed by atoms with van der Waals surface area (Å²) >= 11 is 0. The van der Waals surface area contributed by atoms with E-state index in [1.54, 1.807) is 38.3 Å². The number of sulfonamides is 1. The van der Waals surface area contributed by atoms with Gasteiger partial charge in [0.25, 0.3) is 0 Å². The molecule has 0 aliphatic rings. The Bertz CT molecular complexity index is 1180. The van der Waals surface area contributed by atoms with Gasteiger partial charge in [-0.15, -0.1) is 0 Å². The molecule has 0 saturated heterocycles. The molecule has 0 fully saturated rings. The van der Waals surface area contributed by atoms with Gasteiger partial charge < -0.3 is 14.8 Å². The molecule has 3 rings (SSSR count). The fraction of sp³-hybridized carbons (Fsp3) is 0.240. The third-order valence-corrected chi connectivity index (χ3v) is 6.36. The summed E-state index contributed by atoms with van der Waals surface area (Å²) in [5, 5.41) is 2.89. The lowest BCUT2D eigenvalue weighted by atomic mass is 10.1. The van der Waals surface area contributed by atoms with Crippen LogP contribution in [0.25, 0.3) is 0 Å². The van der Waals surface area contributed by atoms with Crippen molar-refractivity contribution in [3.63, 3.8) is 0 Å². The van der Waals surface area contributed by atoms with Crippen molar-refractivity contribution in [2.45, 2.75) is 25.9 Å². The summed E-state index contributed by atoms with van der Waals surface area (Å²) in [6, 6.07) is 21.9. The van der Waals surface area contributed by atoms with Gasteiger partial charge in [0.05, 0.1) is 25.1 Å². The van der Waals surface area contributed by atoms with Crippen molar-refractivity contribution in [1.29, 1.82) is 0 Å². The van der Waals surface area contributed by atoms with Crippen LogP contribution in [0.3, 0.4) is 0 Å². The number of nitrogens with one attached hydrogen (secondary N) is 1. The van der Waals surface area contributed by atoms with Gasteiger partial charge in [0.2, 0.25) is 15.9 Å². The van der Waals surface area contributed by atoms with Crippen LogP contribution in [0.15, 0.2) is 78.9 Å². The number of methoxy groups -OCH3 is 1. The molecule has 1 amide bonds. The second kappa shape index (κ2) is 10.4. The summed E-state index contributed by atoms with van der Waals surface area (Å²) < 4.78 is 37.4. The van der Waals surface area contributed by atoms with Crippen molar-refractivity contribution in [2.24, 2.45) is 0 Å². The van der Waals surface area contributed by atoms with Crippen LogP contribution in [-0.4, -0.2) is 33.7 Å². The van der Waals surface area contributed by atoms with Gasteiger partial charge in [0.1, 0.15) is 23.3 Å². The molecule has 33 heavy (non-hydrogen) atoms. The largest absolute Gasteiger partial charge is 0.496 e. The lowest BCUT2D eigenvalue weighted by Gasteiger charge is -2.29. The minimum absolute atomic E-state index is 0.366. The maximum atomic E-state index is 13.0. The fourth-order valence-corrected chi connectivity index (χ4v) is 4.71. The lowest BCUT2D eigenvalue weighted by molar-refractivity contribution is -0.122. The average molecular weight is 469 g/mol. The van der Waals surface area contributed by atoms with Crippen molar-refractivity contribution in [1.82, 2.24) is 5.32 Å². The highest BCUT2D eigenvalue weighted by atomic mass is 32.2. The monoisotopic (exact) mass is 468 g/mol. The highest BCUT2D eigenvalue weighted by Crippen LogP contribution is 2.28. The van der Waals surface area contributed by atoms with Crippen molar-refractivity contribution in [2.75, 3.05) is 17.7 Å². The van der Waals surface area contributed by atoms with Gasteiger partial charge >= 0.3 is 0 Å². The quantitative estimate of drug-likeness (QED) is 0.499. The molecule has 3 aromatic rings. The Morgan fingerprint density at radius 1 is 0.879 bits per heavy atom. The van der Waals surface area contributed by atoms with Gasteiger partial charge in [-0.3, -0.25) is 9.10 Å². The Kier molecular flexibility index (Phi) is 7.60. The van der Waals surface area contributed by atoms with Gasteiger partial charge in [-0.2, -0.15) is 0 Å². The smallest absolute Gasteiger partial charge is 0.244 e. The van der Waals surface area contributed by atoms with E-state index in [4.69, 9.17) is 9.47 Å². The molecule has 0 aromatic heterocycles. The standard InChI is InChI=1S/C25H28N2O5S/c1-18(23-12-8-9-13-24(23)31-3)26-25(28)19(2)27(33(4,29)30)20-14-16-22(17-15-20)32-21-10-6-5-7-11-21/h5-19H,1-4H3,(H,26,28)/t18-,19-/m0/s1. The molecule has 0 saturated carbocycles. The van der Waals surface area contributed by atoms with E-state index in [0.29, 0.717) is 22.9 Å². The number of hydrogen-bond donors (Lipinski definition) is 1. The van der Waals surface area contributed by atoms with E-state index < -0.39 is 22.0 Å². The highest BCUT2D eigenvalue weighted by Gasteiger charge is 2.30. The molecule has 2 atom stereocenters. The molecule has 0 spiro atoms. The van der Waals surface area contributed by atoms with E-state index in [1.807, 2.05) is 61.5 Å². The van der Waals surface area contributed by atoms with Crippen LogP contribution in [0.5, 0.6) is 17.2 Å². The van der Waals surface area contributed by atoms with E-state index in [1.165, 1.54) is 0 Å². The normalized spacial score (nSPS) is 13.0. The predicted molar refractivity (Wildman–Crippen MR) is 129 cm³/mol. The molecular weight excluding hydrogens is 440 g/mol. The van der Waals surface area contributed by atoms with Crippen LogP contribution in [0.2, 0.25) is 0 Å². The highest BCUT2D eigenvalue weighted by molar-refractivity contribution is 7.92. The van der Waals surface area contributed by atoms with E-state index >= 15 is 0 Å². The van der Waals surface area contributed by atoms with Gasteiger partial charge in [-0.25, -0.2) is 8.42 Å². The Morgan fingerprint density at radius 3 is 2.06 bits per heavy atom. The molecule has 0 bridgehead atoms. The number of amides is 1. The molecule has 0 heterocycles. The molecular formula is C25H28N2O5S. The summed E-state index contributed by atoms with van der Waals surface area (Å²) in [6.07, 6.45) is 1.08. The topological polar surface area (TPSA) is 84.9 Å². The maximum absolute atomic E-state index is 13.0. The maximum Gasteiger partial charge on any atom is 0.244 e. The number of ether oxygens (including phenoxy) is 2. The number of hydrogen-bond acceptors (Lipinski definition) is 5. The minimum Gasteiger partial charge on any atom is -0.496 e. The van der Waals surface area contributed by atoms with Gasteiger partial charge in [0.15, 0.2) is 0 Å². The summed E-state index contributed by atoms with van der Waals surface area (Å²) in [6.45, 7) is 3.38. The molecule has 0 unspecified atom stereocenters. The van der Waals surface area contributed by atoms with E-state index in [-0.39, 0.29) is 6.04 Å². The van der Waals surface area contributed by atoms with Crippen LogP contribution in [0.1, 0.15) is 25.5 Å². The van der Waals surface area contributed by atoms with Crippen LogP contribution in [-0.2, 0) is 14.8 Å². The van der Waals surface area contributed by atoms with Crippen LogP contribution < -0.4 is 19.1 Å². The van der Waals surface area contributed by atoms with Gasteiger partial charge in [-0.1, -0.05) is 36.4 Å². The second-order valence-corrected chi connectivity index (χ2v) is 9.48. The zero-order valence-corrected chi connectivity index (χ0v) is 19.9. The zero-order valence-electron chi connectivity index (χ0n) is 19.1. The summed E-state index contributed by atoms with van der Waals surface area (Å²) in [4.78, 5) is 13.0. The van der Waals surface area contributed by atoms with E-state index in [9.17, 15) is 13.2 Å². The third-order valence-electron chi connectivity index (χ3n) is 5.12. The molecule has 8 heteroatoms. The number of carbonyl (C=O) groups excluding carboxylic acids is 1. The fourth-order valence-electron chi connectivity index (χ4n) is 3.53. The Balaban J connectivity index is 1.78. The zero-order chi connectivity index (χ0) is 24.0. The Morgan fingerprint density at radius 2 is 1.45 bits per heavy atom. The third kappa shape index (κ3) is 6.04. The molecule has 0 aliphatic heterocycles. The first-order chi connectivity index (χ1) is 15.7. The number of rotatable bonds is 9. The number of benzene rings is 3. The SMILES string of the molecule is COc1ccccc1[C@H](C)NC(=O)[C@H](C)N(c1ccc(Oc2ccccc2)cc1)S(C)(=O)=O. The van der Waals surface area contributed by atoms with Gasteiger partial charge in [0, 0.05) is 5.56 Å². The van der Waals surface area contributed by atoms with Crippen molar-refractivity contribution in [3.05, 3.63) is 84.4 Å². The molecule has 0 aliphatic carbocycles. The molecule has 3 aromatic carbocycles.